The van der Waals surface area contributed by atoms with E-state index < -0.39 is 10.0 Å². The normalized spacial score (nSPS) is 12.3. The van der Waals surface area contributed by atoms with Crippen molar-refractivity contribution >= 4 is 21.8 Å². The predicted molar refractivity (Wildman–Crippen MR) is 77.0 cm³/mol. The van der Waals surface area contributed by atoms with Crippen LogP contribution in [0.1, 0.15) is 18.1 Å². The lowest BCUT2D eigenvalue weighted by Crippen LogP contribution is -2.13. The Kier molecular flexibility index (Phi) is 4.93. The molecule has 1 N–H and O–H groups in total. The van der Waals surface area contributed by atoms with Gasteiger partial charge in [0.2, 0.25) is 10.0 Å². The Hall–Kier alpha value is -1.33. The van der Waals surface area contributed by atoms with Crippen molar-refractivity contribution in [2.75, 3.05) is 25.1 Å². The van der Waals surface area contributed by atoms with Gasteiger partial charge in [-0.15, -0.1) is 0 Å². The van der Waals surface area contributed by atoms with Crippen molar-refractivity contribution in [1.29, 1.82) is 0 Å². The minimum Gasteiger partial charge on any atom is -0.305 e. The summed E-state index contributed by atoms with van der Waals surface area (Å²) >= 11 is 0. The zero-order chi connectivity index (χ0) is 13.8. The highest BCUT2D eigenvalue weighted by atomic mass is 32.2. The lowest BCUT2D eigenvalue weighted by atomic mass is 10.1. The third-order valence-electron chi connectivity index (χ3n) is 2.28. The molecule has 0 aliphatic heterocycles. The fraction of sp³-hybridized carbons (Fsp3) is 0.385. The minimum atomic E-state index is -3.23. The van der Waals surface area contributed by atoms with Gasteiger partial charge in [-0.1, -0.05) is 18.2 Å². The topological polar surface area (TPSA) is 49.4 Å². The smallest absolute Gasteiger partial charge is 0.229 e. The van der Waals surface area contributed by atoms with Gasteiger partial charge in [-0.05, 0) is 44.3 Å². The number of benzene rings is 1. The largest absolute Gasteiger partial charge is 0.305 e. The zero-order valence-corrected chi connectivity index (χ0v) is 12.1. The molecular weight excluding hydrogens is 248 g/mol. The summed E-state index contributed by atoms with van der Waals surface area (Å²) in [5.74, 6) is 0. The van der Waals surface area contributed by atoms with E-state index in [4.69, 9.17) is 0 Å². The van der Waals surface area contributed by atoms with E-state index in [9.17, 15) is 8.42 Å². The Balaban J connectivity index is 3.12. The van der Waals surface area contributed by atoms with Gasteiger partial charge in [0.25, 0.3) is 0 Å². The van der Waals surface area contributed by atoms with Crippen molar-refractivity contribution in [2.24, 2.45) is 0 Å². The fourth-order valence-corrected chi connectivity index (χ4v) is 2.26. The number of hydrogen-bond donors (Lipinski definition) is 1. The summed E-state index contributed by atoms with van der Waals surface area (Å²) in [7, 11) is 0.735. The molecule has 0 aliphatic carbocycles. The van der Waals surface area contributed by atoms with E-state index in [0.717, 1.165) is 23.9 Å². The Morgan fingerprint density at radius 3 is 2.50 bits per heavy atom. The van der Waals surface area contributed by atoms with E-state index in [1.807, 2.05) is 50.2 Å². The van der Waals surface area contributed by atoms with Crippen LogP contribution in [-0.2, 0) is 16.6 Å². The third kappa shape index (κ3) is 4.89. The second-order valence-electron chi connectivity index (χ2n) is 4.53. The van der Waals surface area contributed by atoms with Gasteiger partial charge in [-0.25, -0.2) is 8.42 Å². The molecule has 0 aromatic heterocycles. The van der Waals surface area contributed by atoms with Crippen molar-refractivity contribution in [3.8, 4) is 0 Å². The molecule has 0 saturated heterocycles. The molecule has 18 heavy (non-hydrogen) atoms. The molecule has 0 spiro atoms. The molecule has 100 valence electrons. The van der Waals surface area contributed by atoms with Crippen LogP contribution in [0, 0.1) is 0 Å². The number of nitrogens with one attached hydrogen (secondary N) is 1. The maximum Gasteiger partial charge on any atom is 0.229 e. The Morgan fingerprint density at radius 2 is 2.00 bits per heavy atom. The molecule has 0 heterocycles. The van der Waals surface area contributed by atoms with Crippen molar-refractivity contribution in [3.63, 3.8) is 0 Å². The van der Waals surface area contributed by atoms with Crippen LogP contribution < -0.4 is 4.72 Å². The molecule has 4 nitrogen and oxygen atoms in total. The number of hydrogen-bond acceptors (Lipinski definition) is 3. The van der Waals surface area contributed by atoms with Crippen LogP contribution in [0.15, 0.2) is 24.3 Å². The Bertz CT molecular complexity index is 534. The lowest BCUT2D eigenvalue weighted by Gasteiger charge is -2.14. The second-order valence-corrected chi connectivity index (χ2v) is 6.27. The Morgan fingerprint density at radius 1 is 1.33 bits per heavy atom. The quantitative estimate of drug-likeness (QED) is 0.890. The van der Waals surface area contributed by atoms with Crippen LogP contribution in [0.25, 0.3) is 6.08 Å². The van der Waals surface area contributed by atoms with E-state index in [0.29, 0.717) is 5.69 Å². The van der Waals surface area contributed by atoms with Crippen molar-refractivity contribution in [3.05, 3.63) is 35.4 Å². The fourth-order valence-electron chi connectivity index (χ4n) is 1.70. The summed E-state index contributed by atoms with van der Waals surface area (Å²) in [4.78, 5) is 2.05. The molecule has 5 heteroatoms. The van der Waals surface area contributed by atoms with Crippen LogP contribution in [0.2, 0.25) is 0 Å². The minimum absolute atomic E-state index is 0.600. The maximum atomic E-state index is 11.2. The van der Waals surface area contributed by atoms with Crippen LogP contribution >= 0.6 is 0 Å². The molecule has 1 aromatic carbocycles. The number of sulfonamides is 1. The molecule has 0 fully saturated rings. The molecular formula is C13H20N2O2S. The first-order valence-corrected chi connectivity index (χ1v) is 7.59. The van der Waals surface area contributed by atoms with Crippen molar-refractivity contribution in [2.45, 2.75) is 13.5 Å². The number of allylic oxidation sites excluding steroid dienone is 1. The molecule has 1 rings (SSSR count). The first kappa shape index (κ1) is 14.7. The van der Waals surface area contributed by atoms with Gasteiger partial charge in [-0.3, -0.25) is 4.72 Å². The van der Waals surface area contributed by atoms with E-state index in [1.165, 1.54) is 0 Å². The summed E-state index contributed by atoms with van der Waals surface area (Å²) < 4.78 is 24.9. The molecule has 0 radical (unpaired) electrons. The van der Waals surface area contributed by atoms with Crippen LogP contribution in [0.4, 0.5) is 5.69 Å². The van der Waals surface area contributed by atoms with E-state index in [-0.39, 0.29) is 0 Å². The first-order chi connectivity index (χ1) is 8.31. The van der Waals surface area contributed by atoms with Gasteiger partial charge in [0.05, 0.1) is 6.26 Å². The lowest BCUT2D eigenvalue weighted by molar-refractivity contribution is 0.402. The summed E-state index contributed by atoms with van der Waals surface area (Å²) in [6.07, 6.45) is 5.14. The van der Waals surface area contributed by atoms with Crippen LogP contribution in [-0.4, -0.2) is 33.7 Å². The van der Waals surface area contributed by atoms with Gasteiger partial charge >= 0.3 is 0 Å². The number of rotatable bonds is 5. The highest BCUT2D eigenvalue weighted by molar-refractivity contribution is 7.92. The standard InChI is InChI=1S/C13H20N2O2S/c1-5-6-11-7-8-13(14-18(4,16)17)9-12(11)10-15(2)3/h5-9,14H,10H2,1-4H3. The molecule has 0 amide bonds. The monoisotopic (exact) mass is 268 g/mol. The van der Waals surface area contributed by atoms with Crippen molar-refractivity contribution in [1.82, 2.24) is 4.90 Å². The molecule has 0 saturated carbocycles. The van der Waals surface area contributed by atoms with Gasteiger partial charge in [0.1, 0.15) is 0 Å². The molecule has 0 atom stereocenters. The van der Waals surface area contributed by atoms with E-state index in [2.05, 4.69) is 4.72 Å². The number of nitrogens with zero attached hydrogens (tertiary/aromatic N) is 1. The third-order valence-corrected chi connectivity index (χ3v) is 2.89. The SMILES string of the molecule is CC=Cc1ccc(NS(C)(=O)=O)cc1CN(C)C. The van der Waals surface area contributed by atoms with Crippen LogP contribution in [0.3, 0.4) is 0 Å². The highest BCUT2D eigenvalue weighted by Crippen LogP contribution is 2.19. The molecule has 0 aliphatic rings. The van der Waals surface area contributed by atoms with E-state index in [1.54, 1.807) is 6.07 Å². The maximum absolute atomic E-state index is 11.2. The van der Waals surface area contributed by atoms with Gasteiger partial charge < -0.3 is 4.90 Å². The van der Waals surface area contributed by atoms with Gasteiger partial charge in [0.15, 0.2) is 0 Å². The molecule has 0 unspecified atom stereocenters. The summed E-state index contributed by atoms with van der Waals surface area (Å²) in [6.45, 7) is 2.72. The first-order valence-electron chi connectivity index (χ1n) is 5.70. The second kappa shape index (κ2) is 6.02. The van der Waals surface area contributed by atoms with Crippen molar-refractivity contribution < 1.29 is 8.42 Å². The summed E-state index contributed by atoms with van der Waals surface area (Å²) in [5, 5.41) is 0. The predicted octanol–water partition coefficient (Wildman–Crippen LogP) is 2.15. The van der Waals surface area contributed by atoms with Gasteiger partial charge in [-0.2, -0.15) is 0 Å². The molecule has 1 aromatic rings. The van der Waals surface area contributed by atoms with Gasteiger partial charge in [0, 0.05) is 12.2 Å². The highest BCUT2D eigenvalue weighted by Gasteiger charge is 2.06. The van der Waals surface area contributed by atoms with E-state index >= 15 is 0 Å². The zero-order valence-electron chi connectivity index (χ0n) is 11.3. The summed E-state index contributed by atoms with van der Waals surface area (Å²) in [6, 6.07) is 5.57. The molecule has 0 bridgehead atoms. The Labute approximate surface area is 109 Å². The average Bonchev–Trinajstić information content (AvgIpc) is 2.19. The van der Waals surface area contributed by atoms with Crippen LogP contribution in [0.5, 0.6) is 0 Å². The number of anilines is 1. The average molecular weight is 268 g/mol. The summed E-state index contributed by atoms with van der Waals surface area (Å²) in [5.41, 5.74) is 2.79.